The van der Waals surface area contributed by atoms with Crippen LogP contribution in [0.3, 0.4) is 0 Å². The number of carbonyl (C=O) groups is 1. The van der Waals surface area contributed by atoms with Gasteiger partial charge in [0.1, 0.15) is 12.4 Å². The van der Waals surface area contributed by atoms with Crippen molar-refractivity contribution in [1.82, 2.24) is 4.98 Å². The maximum Gasteiger partial charge on any atom is 0.256 e. The van der Waals surface area contributed by atoms with Gasteiger partial charge in [0, 0.05) is 11.8 Å². The van der Waals surface area contributed by atoms with Gasteiger partial charge in [-0.25, -0.2) is 4.98 Å². The molecule has 1 aromatic carbocycles. The van der Waals surface area contributed by atoms with Crippen molar-refractivity contribution in [2.45, 2.75) is 0 Å². The molecule has 0 radical (unpaired) electrons. The minimum atomic E-state index is -0.249. The second-order valence-corrected chi connectivity index (χ2v) is 4.50. The SMILES string of the molecule is COc1cccnc1NC(=O)C1=Cc2ccccc2OC1. The number of para-hydroxylation sites is 1. The summed E-state index contributed by atoms with van der Waals surface area (Å²) in [7, 11) is 1.53. The van der Waals surface area contributed by atoms with E-state index in [1.54, 1.807) is 18.3 Å². The maximum absolute atomic E-state index is 12.3. The van der Waals surface area contributed by atoms with E-state index < -0.39 is 0 Å². The van der Waals surface area contributed by atoms with Gasteiger partial charge in [0.2, 0.25) is 0 Å². The molecule has 21 heavy (non-hydrogen) atoms. The van der Waals surface area contributed by atoms with Crippen LogP contribution in [0.4, 0.5) is 5.82 Å². The second-order valence-electron chi connectivity index (χ2n) is 4.50. The van der Waals surface area contributed by atoms with Crippen molar-refractivity contribution in [2.24, 2.45) is 0 Å². The summed E-state index contributed by atoms with van der Waals surface area (Å²) in [6.07, 6.45) is 3.42. The first-order valence-electron chi connectivity index (χ1n) is 6.50. The Morgan fingerprint density at radius 3 is 3.00 bits per heavy atom. The molecule has 2 aromatic rings. The predicted octanol–water partition coefficient (Wildman–Crippen LogP) is 2.50. The van der Waals surface area contributed by atoms with Crippen LogP contribution in [0, 0.1) is 0 Å². The van der Waals surface area contributed by atoms with Gasteiger partial charge in [0.05, 0.1) is 12.7 Å². The van der Waals surface area contributed by atoms with E-state index >= 15 is 0 Å². The van der Waals surface area contributed by atoms with Crippen LogP contribution in [0.25, 0.3) is 6.08 Å². The number of nitrogens with one attached hydrogen (secondary N) is 1. The lowest BCUT2D eigenvalue weighted by molar-refractivity contribution is -0.113. The summed E-state index contributed by atoms with van der Waals surface area (Å²) in [6.45, 7) is 0.234. The van der Waals surface area contributed by atoms with Gasteiger partial charge in [-0.15, -0.1) is 0 Å². The minimum absolute atomic E-state index is 0.234. The Labute approximate surface area is 122 Å². The Hall–Kier alpha value is -2.82. The number of fused-ring (bicyclic) bond motifs is 1. The molecule has 0 saturated heterocycles. The minimum Gasteiger partial charge on any atom is -0.493 e. The van der Waals surface area contributed by atoms with Gasteiger partial charge in [0.15, 0.2) is 11.6 Å². The zero-order chi connectivity index (χ0) is 14.7. The van der Waals surface area contributed by atoms with E-state index in [1.807, 2.05) is 30.3 Å². The molecule has 0 fully saturated rings. The van der Waals surface area contributed by atoms with Crippen LogP contribution in [0.5, 0.6) is 11.5 Å². The van der Waals surface area contributed by atoms with Crippen LogP contribution in [0.2, 0.25) is 0 Å². The number of hydrogen-bond donors (Lipinski definition) is 1. The van der Waals surface area contributed by atoms with E-state index in [0.29, 0.717) is 17.1 Å². The highest BCUT2D eigenvalue weighted by atomic mass is 16.5. The Morgan fingerprint density at radius 2 is 2.14 bits per heavy atom. The molecule has 106 valence electrons. The third-order valence-electron chi connectivity index (χ3n) is 3.15. The molecular weight excluding hydrogens is 268 g/mol. The Bertz CT molecular complexity index is 710. The fraction of sp³-hybridized carbons (Fsp3) is 0.125. The molecule has 3 rings (SSSR count). The average Bonchev–Trinajstić information content (AvgIpc) is 2.55. The first-order valence-corrected chi connectivity index (χ1v) is 6.50. The van der Waals surface area contributed by atoms with Gasteiger partial charge < -0.3 is 14.8 Å². The van der Waals surface area contributed by atoms with Crippen molar-refractivity contribution in [3.05, 3.63) is 53.7 Å². The van der Waals surface area contributed by atoms with E-state index in [1.165, 1.54) is 7.11 Å². The maximum atomic E-state index is 12.3. The van der Waals surface area contributed by atoms with Crippen LogP contribution >= 0.6 is 0 Å². The molecule has 0 saturated carbocycles. The number of rotatable bonds is 3. The van der Waals surface area contributed by atoms with E-state index in [9.17, 15) is 4.79 Å². The van der Waals surface area contributed by atoms with Gasteiger partial charge in [0.25, 0.3) is 5.91 Å². The van der Waals surface area contributed by atoms with Crippen LogP contribution in [-0.4, -0.2) is 24.6 Å². The first kappa shape index (κ1) is 13.2. The zero-order valence-corrected chi connectivity index (χ0v) is 11.5. The second kappa shape index (κ2) is 5.66. The van der Waals surface area contributed by atoms with Crippen molar-refractivity contribution in [1.29, 1.82) is 0 Å². The third-order valence-corrected chi connectivity index (χ3v) is 3.15. The lowest BCUT2D eigenvalue weighted by atomic mass is 10.1. The van der Waals surface area contributed by atoms with Gasteiger partial charge in [-0.2, -0.15) is 0 Å². The van der Waals surface area contributed by atoms with Crippen LogP contribution in [0.1, 0.15) is 5.56 Å². The van der Waals surface area contributed by atoms with Crippen molar-refractivity contribution in [2.75, 3.05) is 19.0 Å². The summed E-state index contributed by atoms with van der Waals surface area (Å²) in [6, 6.07) is 11.1. The lowest BCUT2D eigenvalue weighted by Crippen LogP contribution is -2.22. The standard InChI is InChI=1S/C16H14N2O3/c1-20-14-7-4-8-17-15(14)18-16(19)12-9-11-5-2-3-6-13(11)21-10-12/h2-9H,10H2,1H3,(H,17,18,19). The van der Waals surface area contributed by atoms with Gasteiger partial charge in [-0.1, -0.05) is 18.2 Å². The number of anilines is 1. The van der Waals surface area contributed by atoms with E-state index in [2.05, 4.69) is 10.3 Å². The van der Waals surface area contributed by atoms with E-state index in [0.717, 1.165) is 11.3 Å². The fourth-order valence-electron chi connectivity index (χ4n) is 2.08. The van der Waals surface area contributed by atoms with E-state index in [-0.39, 0.29) is 12.5 Å². The van der Waals surface area contributed by atoms with Gasteiger partial charge in [-0.05, 0) is 24.3 Å². The summed E-state index contributed by atoms with van der Waals surface area (Å²) in [5, 5.41) is 2.74. The average molecular weight is 282 g/mol. The summed E-state index contributed by atoms with van der Waals surface area (Å²) in [5.41, 5.74) is 1.43. The quantitative estimate of drug-likeness (QED) is 0.939. The number of ether oxygens (including phenoxy) is 2. The predicted molar refractivity (Wildman–Crippen MR) is 79.3 cm³/mol. The number of pyridine rings is 1. The molecule has 1 aliphatic rings. The summed E-state index contributed by atoms with van der Waals surface area (Å²) >= 11 is 0. The number of methoxy groups -OCH3 is 1. The van der Waals surface area contributed by atoms with Crippen molar-refractivity contribution in [3.8, 4) is 11.5 Å². The highest BCUT2D eigenvalue weighted by molar-refractivity contribution is 6.07. The molecule has 1 aliphatic heterocycles. The molecule has 0 atom stereocenters. The van der Waals surface area contributed by atoms with Gasteiger partial charge in [-0.3, -0.25) is 4.79 Å². The van der Waals surface area contributed by atoms with E-state index in [4.69, 9.17) is 9.47 Å². The fourth-order valence-corrected chi connectivity index (χ4v) is 2.08. The monoisotopic (exact) mass is 282 g/mol. The molecule has 5 heteroatoms. The molecule has 0 aliphatic carbocycles. The van der Waals surface area contributed by atoms with Crippen LogP contribution in [0.15, 0.2) is 48.2 Å². The molecular formula is C16H14N2O3. The Balaban J connectivity index is 1.82. The van der Waals surface area contributed by atoms with Crippen LogP contribution in [-0.2, 0) is 4.79 Å². The van der Waals surface area contributed by atoms with Crippen molar-refractivity contribution >= 4 is 17.8 Å². The largest absolute Gasteiger partial charge is 0.493 e. The first-order chi connectivity index (χ1) is 10.3. The smallest absolute Gasteiger partial charge is 0.256 e. The topological polar surface area (TPSA) is 60.5 Å². The molecule has 0 bridgehead atoms. The van der Waals surface area contributed by atoms with Gasteiger partial charge >= 0.3 is 0 Å². The highest BCUT2D eigenvalue weighted by Gasteiger charge is 2.18. The number of amides is 1. The number of aromatic nitrogens is 1. The highest BCUT2D eigenvalue weighted by Crippen LogP contribution is 2.27. The molecule has 1 aromatic heterocycles. The number of hydrogen-bond acceptors (Lipinski definition) is 4. The van der Waals surface area contributed by atoms with Crippen LogP contribution < -0.4 is 14.8 Å². The summed E-state index contributed by atoms with van der Waals surface area (Å²) in [4.78, 5) is 16.4. The lowest BCUT2D eigenvalue weighted by Gasteiger charge is -2.17. The van der Waals surface area contributed by atoms with Crippen molar-refractivity contribution in [3.63, 3.8) is 0 Å². The Morgan fingerprint density at radius 1 is 1.29 bits per heavy atom. The molecule has 5 nitrogen and oxygen atoms in total. The molecule has 1 N–H and O–H groups in total. The number of benzene rings is 1. The van der Waals surface area contributed by atoms with Crippen molar-refractivity contribution < 1.29 is 14.3 Å². The Kier molecular flexibility index (Phi) is 3.55. The third kappa shape index (κ3) is 2.72. The molecule has 1 amide bonds. The molecule has 2 heterocycles. The normalized spacial score (nSPS) is 12.7. The molecule has 0 spiro atoms. The molecule has 0 unspecified atom stereocenters. The number of nitrogens with zero attached hydrogens (tertiary/aromatic N) is 1. The number of carbonyl (C=O) groups excluding carboxylic acids is 1. The summed E-state index contributed by atoms with van der Waals surface area (Å²) in [5.74, 6) is 1.44. The zero-order valence-electron chi connectivity index (χ0n) is 11.5. The summed E-state index contributed by atoms with van der Waals surface area (Å²) < 4.78 is 10.7.